The first kappa shape index (κ1) is 14.2. The van der Waals surface area contributed by atoms with E-state index in [0.29, 0.717) is 5.92 Å². The van der Waals surface area contributed by atoms with Crippen molar-refractivity contribution in [1.29, 1.82) is 0 Å². The van der Waals surface area contributed by atoms with E-state index in [2.05, 4.69) is 20.4 Å². The number of nitrogens with zero attached hydrogens (tertiary/aromatic N) is 5. The highest BCUT2D eigenvalue weighted by Crippen LogP contribution is 2.20. The van der Waals surface area contributed by atoms with Crippen LogP contribution in [0.3, 0.4) is 0 Å². The van der Waals surface area contributed by atoms with E-state index in [1.165, 1.54) is 12.8 Å². The summed E-state index contributed by atoms with van der Waals surface area (Å²) in [6.45, 7) is 3.12. The summed E-state index contributed by atoms with van der Waals surface area (Å²) in [5.74, 6) is 1.45. The second-order valence-electron chi connectivity index (χ2n) is 5.60. The maximum Gasteiger partial charge on any atom is 0.170 e. The van der Waals surface area contributed by atoms with Crippen LogP contribution in [0.5, 0.6) is 0 Å². The fourth-order valence-electron chi connectivity index (χ4n) is 2.99. The molecule has 1 N–H and O–H groups in total. The van der Waals surface area contributed by atoms with Crippen LogP contribution < -0.4 is 0 Å². The Bertz CT molecular complexity index is 554. The monoisotopic (exact) mass is 287 g/mol. The van der Waals surface area contributed by atoms with E-state index < -0.39 is 0 Å². The normalized spacial score (nSPS) is 19.8. The van der Waals surface area contributed by atoms with Gasteiger partial charge in [-0.2, -0.15) is 4.68 Å². The van der Waals surface area contributed by atoms with Crippen LogP contribution in [0.1, 0.15) is 25.1 Å². The van der Waals surface area contributed by atoms with Crippen LogP contribution in [-0.2, 0) is 6.54 Å². The lowest BCUT2D eigenvalue weighted by Crippen LogP contribution is -2.36. The van der Waals surface area contributed by atoms with E-state index in [0.717, 1.165) is 37.6 Å². The van der Waals surface area contributed by atoms with Crippen molar-refractivity contribution in [2.24, 2.45) is 5.92 Å². The van der Waals surface area contributed by atoms with Crippen molar-refractivity contribution in [2.45, 2.75) is 25.8 Å². The summed E-state index contributed by atoms with van der Waals surface area (Å²) in [5, 5.41) is 21.2. The lowest BCUT2D eigenvalue weighted by molar-refractivity contribution is 0.139. The molecule has 1 fully saturated rings. The Morgan fingerprint density at radius 2 is 2.10 bits per heavy atom. The largest absolute Gasteiger partial charge is 0.396 e. The van der Waals surface area contributed by atoms with Gasteiger partial charge in [-0.1, -0.05) is 18.2 Å². The van der Waals surface area contributed by atoms with Crippen LogP contribution >= 0.6 is 0 Å². The van der Waals surface area contributed by atoms with Crippen molar-refractivity contribution in [3.63, 3.8) is 0 Å². The minimum absolute atomic E-state index is 0.278. The second kappa shape index (κ2) is 6.78. The first-order valence-electron chi connectivity index (χ1n) is 7.52. The van der Waals surface area contributed by atoms with Gasteiger partial charge < -0.3 is 5.11 Å². The topological polar surface area (TPSA) is 67.1 Å². The van der Waals surface area contributed by atoms with Gasteiger partial charge in [0.05, 0.1) is 12.2 Å². The molecule has 3 rings (SSSR count). The van der Waals surface area contributed by atoms with Crippen molar-refractivity contribution in [2.75, 3.05) is 19.7 Å². The van der Waals surface area contributed by atoms with Gasteiger partial charge >= 0.3 is 0 Å². The van der Waals surface area contributed by atoms with E-state index >= 15 is 0 Å². The smallest absolute Gasteiger partial charge is 0.170 e. The molecule has 0 amide bonds. The molecule has 2 aromatic rings. The molecule has 0 bridgehead atoms. The average Bonchev–Trinajstić information content (AvgIpc) is 2.97. The van der Waals surface area contributed by atoms with Gasteiger partial charge in [-0.15, -0.1) is 5.10 Å². The Kier molecular flexibility index (Phi) is 4.57. The molecule has 6 heteroatoms. The second-order valence-corrected chi connectivity index (χ2v) is 5.60. The molecule has 112 valence electrons. The zero-order valence-corrected chi connectivity index (χ0v) is 12.1. The van der Waals surface area contributed by atoms with Crippen LogP contribution in [0.15, 0.2) is 30.3 Å². The Labute approximate surface area is 124 Å². The molecule has 1 saturated heterocycles. The van der Waals surface area contributed by atoms with Crippen molar-refractivity contribution < 1.29 is 5.11 Å². The Hall–Kier alpha value is -1.79. The number of hydrogen-bond donors (Lipinski definition) is 1. The molecule has 0 radical (unpaired) electrons. The van der Waals surface area contributed by atoms with Gasteiger partial charge in [0.2, 0.25) is 0 Å². The van der Waals surface area contributed by atoms with E-state index in [-0.39, 0.29) is 6.61 Å². The highest BCUT2D eigenvalue weighted by molar-refractivity contribution is 5.30. The van der Waals surface area contributed by atoms with Crippen LogP contribution in [0.4, 0.5) is 0 Å². The standard InChI is InChI=1S/C15H21N5O/c21-10-8-13-5-4-9-19(11-13)12-15-16-17-18-20(15)14-6-2-1-3-7-14/h1-3,6-7,13,21H,4-5,8-12H2. The molecule has 6 nitrogen and oxygen atoms in total. The molecule has 0 spiro atoms. The summed E-state index contributed by atoms with van der Waals surface area (Å²) in [5.41, 5.74) is 0.987. The fraction of sp³-hybridized carbons (Fsp3) is 0.533. The third kappa shape index (κ3) is 3.46. The lowest BCUT2D eigenvalue weighted by atomic mass is 9.95. The van der Waals surface area contributed by atoms with Gasteiger partial charge in [-0.3, -0.25) is 4.90 Å². The van der Waals surface area contributed by atoms with Gasteiger partial charge in [-0.05, 0) is 54.3 Å². The highest BCUT2D eigenvalue weighted by atomic mass is 16.3. The summed E-state index contributed by atoms with van der Waals surface area (Å²) in [7, 11) is 0. The zero-order chi connectivity index (χ0) is 14.5. The summed E-state index contributed by atoms with van der Waals surface area (Å²) in [4.78, 5) is 2.38. The van der Waals surface area contributed by atoms with Crippen molar-refractivity contribution in [3.8, 4) is 5.69 Å². The van der Waals surface area contributed by atoms with Gasteiger partial charge in [0.15, 0.2) is 5.82 Å². The molecular weight excluding hydrogens is 266 g/mol. The molecular formula is C15H21N5O. The highest BCUT2D eigenvalue weighted by Gasteiger charge is 2.21. The SMILES string of the molecule is OCCC1CCCN(Cc2nnnn2-c2ccccc2)C1. The first-order chi connectivity index (χ1) is 10.4. The molecule has 1 aliphatic heterocycles. The zero-order valence-electron chi connectivity index (χ0n) is 12.1. The van der Waals surface area contributed by atoms with Crippen molar-refractivity contribution >= 4 is 0 Å². The number of hydrogen-bond acceptors (Lipinski definition) is 5. The first-order valence-corrected chi connectivity index (χ1v) is 7.52. The molecule has 1 unspecified atom stereocenters. The maximum atomic E-state index is 9.10. The molecule has 0 aliphatic carbocycles. The predicted octanol–water partition coefficient (Wildman–Crippen LogP) is 1.26. The number of aromatic nitrogens is 4. The van der Waals surface area contributed by atoms with E-state index in [9.17, 15) is 0 Å². The number of benzene rings is 1. The van der Waals surface area contributed by atoms with Crippen LogP contribution in [0.25, 0.3) is 5.69 Å². The van der Waals surface area contributed by atoms with Crippen LogP contribution in [0, 0.1) is 5.92 Å². The summed E-state index contributed by atoms with van der Waals surface area (Å²) in [6, 6.07) is 9.96. The van der Waals surface area contributed by atoms with E-state index in [1.54, 1.807) is 4.68 Å². The van der Waals surface area contributed by atoms with Gasteiger partial charge in [-0.25, -0.2) is 0 Å². The minimum Gasteiger partial charge on any atom is -0.396 e. The Morgan fingerprint density at radius 1 is 1.24 bits per heavy atom. The lowest BCUT2D eigenvalue weighted by Gasteiger charge is -2.31. The molecule has 0 saturated carbocycles. The van der Waals surface area contributed by atoms with Gasteiger partial charge in [0, 0.05) is 13.2 Å². The number of aliphatic hydroxyl groups is 1. The number of para-hydroxylation sites is 1. The van der Waals surface area contributed by atoms with Crippen LogP contribution in [0.2, 0.25) is 0 Å². The molecule has 1 aromatic heterocycles. The van der Waals surface area contributed by atoms with Crippen LogP contribution in [-0.4, -0.2) is 49.9 Å². The van der Waals surface area contributed by atoms with E-state index in [1.807, 2.05) is 30.3 Å². The number of aliphatic hydroxyl groups excluding tert-OH is 1. The molecule has 1 aromatic carbocycles. The number of rotatable bonds is 5. The fourth-order valence-corrected chi connectivity index (χ4v) is 2.99. The predicted molar refractivity (Wildman–Crippen MR) is 78.9 cm³/mol. The minimum atomic E-state index is 0.278. The maximum absolute atomic E-state index is 9.10. The van der Waals surface area contributed by atoms with E-state index in [4.69, 9.17) is 5.11 Å². The molecule has 2 heterocycles. The Morgan fingerprint density at radius 3 is 2.90 bits per heavy atom. The summed E-state index contributed by atoms with van der Waals surface area (Å²) < 4.78 is 1.80. The molecule has 1 aliphatic rings. The van der Waals surface area contributed by atoms with Crippen molar-refractivity contribution in [1.82, 2.24) is 25.1 Å². The molecule has 21 heavy (non-hydrogen) atoms. The summed E-state index contributed by atoms with van der Waals surface area (Å²) >= 11 is 0. The van der Waals surface area contributed by atoms with Crippen molar-refractivity contribution in [3.05, 3.63) is 36.2 Å². The number of likely N-dealkylation sites (tertiary alicyclic amines) is 1. The van der Waals surface area contributed by atoms with Gasteiger partial charge in [0.25, 0.3) is 0 Å². The number of tetrazole rings is 1. The summed E-state index contributed by atoms with van der Waals surface area (Å²) in [6.07, 6.45) is 3.28. The van der Waals surface area contributed by atoms with Gasteiger partial charge in [0.1, 0.15) is 0 Å². The molecule has 1 atom stereocenters. The number of piperidine rings is 1. The Balaban J connectivity index is 1.70. The third-order valence-corrected chi connectivity index (χ3v) is 4.04. The quantitative estimate of drug-likeness (QED) is 0.896. The average molecular weight is 287 g/mol. The third-order valence-electron chi connectivity index (χ3n) is 4.04.